The Bertz CT molecular complexity index is 404. The second kappa shape index (κ2) is 10.2. The van der Waals surface area contributed by atoms with Gasteiger partial charge in [0.2, 0.25) is 0 Å². The van der Waals surface area contributed by atoms with E-state index in [4.69, 9.17) is 19.7 Å². The second-order valence-electron chi connectivity index (χ2n) is 5.21. The minimum absolute atomic E-state index is 0.0848. The van der Waals surface area contributed by atoms with Crippen molar-refractivity contribution in [1.82, 2.24) is 10.6 Å². The van der Waals surface area contributed by atoms with E-state index in [2.05, 4.69) is 0 Å². The molecule has 0 unspecified atom stereocenters. The SMILES string of the molecule is CCCC(C)(COC(=O)NCC(=O)O)COC(=O)NCC(=O)O. The Balaban J connectivity index is 4.32. The number of hydrogen-bond acceptors (Lipinski definition) is 6. The molecule has 2 amide bonds. The van der Waals surface area contributed by atoms with Crippen molar-refractivity contribution in [3.05, 3.63) is 0 Å². The lowest BCUT2D eigenvalue weighted by atomic mass is 9.87. The molecule has 0 aromatic heterocycles. The van der Waals surface area contributed by atoms with Gasteiger partial charge in [0.25, 0.3) is 0 Å². The van der Waals surface area contributed by atoms with Crippen LogP contribution in [0.1, 0.15) is 26.7 Å². The molecule has 132 valence electrons. The van der Waals surface area contributed by atoms with E-state index < -0.39 is 42.6 Å². The van der Waals surface area contributed by atoms with Crippen molar-refractivity contribution in [2.75, 3.05) is 26.3 Å². The molecule has 23 heavy (non-hydrogen) atoms. The number of carboxylic acid groups (broad SMARTS) is 2. The molecule has 0 aliphatic heterocycles. The van der Waals surface area contributed by atoms with Gasteiger partial charge in [-0.25, -0.2) is 9.59 Å². The maximum Gasteiger partial charge on any atom is 0.407 e. The van der Waals surface area contributed by atoms with Crippen LogP contribution in [0.25, 0.3) is 0 Å². The number of alkyl carbamates (subject to hydrolysis) is 2. The van der Waals surface area contributed by atoms with Crippen LogP contribution in [-0.2, 0) is 19.1 Å². The highest BCUT2D eigenvalue weighted by molar-refractivity contribution is 5.77. The summed E-state index contributed by atoms with van der Waals surface area (Å²) in [5.74, 6) is -2.39. The van der Waals surface area contributed by atoms with E-state index >= 15 is 0 Å². The molecule has 0 aliphatic carbocycles. The molecule has 10 heteroatoms. The Morgan fingerprint density at radius 2 is 1.30 bits per heavy atom. The fraction of sp³-hybridized carbons (Fsp3) is 0.692. The average molecular weight is 334 g/mol. The number of hydrogen-bond donors (Lipinski definition) is 4. The van der Waals surface area contributed by atoms with Crippen LogP contribution in [0.15, 0.2) is 0 Å². The second-order valence-corrected chi connectivity index (χ2v) is 5.21. The summed E-state index contributed by atoms with van der Waals surface area (Å²) < 4.78 is 9.84. The van der Waals surface area contributed by atoms with E-state index in [9.17, 15) is 19.2 Å². The molecule has 0 aromatic carbocycles. The molecule has 10 nitrogen and oxygen atoms in total. The van der Waals surface area contributed by atoms with Gasteiger partial charge in [-0.05, 0) is 6.42 Å². The highest BCUT2D eigenvalue weighted by Crippen LogP contribution is 2.24. The summed E-state index contributed by atoms with van der Waals surface area (Å²) in [5.41, 5.74) is -0.671. The van der Waals surface area contributed by atoms with Gasteiger partial charge in [0, 0.05) is 5.41 Å². The van der Waals surface area contributed by atoms with Gasteiger partial charge in [-0.1, -0.05) is 20.3 Å². The summed E-state index contributed by atoms with van der Waals surface area (Å²) >= 11 is 0. The highest BCUT2D eigenvalue weighted by Gasteiger charge is 2.28. The van der Waals surface area contributed by atoms with Crippen LogP contribution in [-0.4, -0.2) is 60.6 Å². The topological polar surface area (TPSA) is 151 Å². The Morgan fingerprint density at radius 3 is 1.61 bits per heavy atom. The van der Waals surface area contributed by atoms with Crippen molar-refractivity contribution in [2.45, 2.75) is 26.7 Å². The molecule has 0 spiro atoms. The van der Waals surface area contributed by atoms with E-state index in [1.165, 1.54) is 0 Å². The zero-order valence-corrected chi connectivity index (χ0v) is 13.1. The molecule has 0 saturated heterocycles. The van der Waals surface area contributed by atoms with Crippen molar-refractivity contribution in [3.63, 3.8) is 0 Å². The molecule has 0 heterocycles. The summed E-state index contributed by atoms with van der Waals surface area (Å²) in [7, 11) is 0. The van der Waals surface area contributed by atoms with Gasteiger partial charge in [0.15, 0.2) is 0 Å². The zero-order chi connectivity index (χ0) is 17.9. The van der Waals surface area contributed by atoms with E-state index in [-0.39, 0.29) is 13.2 Å². The molecule has 0 bridgehead atoms. The third kappa shape index (κ3) is 10.8. The minimum Gasteiger partial charge on any atom is -0.480 e. The quantitative estimate of drug-likeness (QED) is 0.448. The predicted molar refractivity (Wildman–Crippen MR) is 77.0 cm³/mol. The lowest BCUT2D eigenvalue weighted by molar-refractivity contribution is -0.136. The third-order valence-corrected chi connectivity index (χ3v) is 2.72. The smallest absolute Gasteiger partial charge is 0.407 e. The van der Waals surface area contributed by atoms with Gasteiger partial charge < -0.3 is 30.3 Å². The molecule has 0 rings (SSSR count). The highest BCUT2D eigenvalue weighted by atomic mass is 16.6. The molecule has 0 radical (unpaired) electrons. The number of carbonyl (C=O) groups is 4. The molecular formula is C13H22N2O8. The number of nitrogens with one attached hydrogen (secondary N) is 2. The van der Waals surface area contributed by atoms with Crippen molar-refractivity contribution in [1.29, 1.82) is 0 Å². The van der Waals surface area contributed by atoms with Crippen molar-refractivity contribution in [2.24, 2.45) is 5.41 Å². The van der Waals surface area contributed by atoms with Gasteiger partial charge in [-0.15, -0.1) is 0 Å². The lowest BCUT2D eigenvalue weighted by Gasteiger charge is -2.28. The molecule has 0 aliphatic rings. The number of rotatable bonds is 10. The number of ether oxygens (including phenoxy) is 2. The zero-order valence-electron chi connectivity index (χ0n) is 13.1. The van der Waals surface area contributed by atoms with Crippen LogP contribution >= 0.6 is 0 Å². The Kier molecular flexibility index (Phi) is 9.12. The lowest BCUT2D eigenvalue weighted by Crippen LogP contribution is -2.38. The summed E-state index contributed by atoms with van der Waals surface area (Å²) in [6.45, 7) is 2.34. The first-order chi connectivity index (χ1) is 10.7. The molecular weight excluding hydrogens is 312 g/mol. The Morgan fingerprint density at radius 1 is 0.913 bits per heavy atom. The van der Waals surface area contributed by atoms with Crippen LogP contribution in [0.5, 0.6) is 0 Å². The average Bonchev–Trinajstić information content (AvgIpc) is 2.47. The maximum absolute atomic E-state index is 11.3. The van der Waals surface area contributed by atoms with Gasteiger partial charge in [-0.2, -0.15) is 0 Å². The fourth-order valence-corrected chi connectivity index (χ4v) is 1.67. The first kappa shape index (κ1) is 20.5. The molecule has 0 atom stereocenters. The standard InChI is InChI=1S/C13H22N2O8/c1-3-4-13(2,7-22-11(20)14-5-9(16)17)8-23-12(21)15-6-10(18)19/h3-8H2,1-2H3,(H,14,20)(H,15,21)(H,16,17)(H,18,19). The fourth-order valence-electron chi connectivity index (χ4n) is 1.67. The van der Waals surface area contributed by atoms with Gasteiger partial charge in [0.1, 0.15) is 26.3 Å². The monoisotopic (exact) mass is 334 g/mol. The normalized spacial score (nSPS) is 10.5. The molecule has 0 aromatic rings. The van der Waals surface area contributed by atoms with Crippen LogP contribution in [0.3, 0.4) is 0 Å². The number of amides is 2. The summed E-state index contributed by atoms with van der Waals surface area (Å²) in [5, 5.41) is 21.0. The first-order valence-corrected chi connectivity index (χ1v) is 6.93. The molecule has 0 saturated carbocycles. The van der Waals surface area contributed by atoms with Crippen LogP contribution in [0.2, 0.25) is 0 Å². The third-order valence-electron chi connectivity index (χ3n) is 2.72. The van der Waals surface area contributed by atoms with Gasteiger partial charge in [-0.3, -0.25) is 9.59 Å². The Hall–Kier alpha value is -2.52. The molecule has 0 fully saturated rings. The van der Waals surface area contributed by atoms with Crippen molar-refractivity contribution >= 4 is 24.1 Å². The predicted octanol–water partition coefficient (Wildman–Crippen LogP) is 0.414. The van der Waals surface area contributed by atoms with Crippen LogP contribution in [0, 0.1) is 5.41 Å². The minimum atomic E-state index is -1.20. The van der Waals surface area contributed by atoms with E-state index in [1.54, 1.807) is 6.92 Å². The van der Waals surface area contributed by atoms with E-state index in [0.717, 1.165) is 6.42 Å². The first-order valence-electron chi connectivity index (χ1n) is 6.93. The van der Waals surface area contributed by atoms with Crippen molar-refractivity contribution < 1.29 is 38.9 Å². The largest absolute Gasteiger partial charge is 0.480 e. The van der Waals surface area contributed by atoms with Gasteiger partial charge in [0.05, 0.1) is 0 Å². The maximum atomic E-state index is 11.3. The Labute approximate surface area is 133 Å². The number of carboxylic acids is 2. The van der Waals surface area contributed by atoms with Crippen molar-refractivity contribution in [3.8, 4) is 0 Å². The summed E-state index contributed by atoms with van der Waals surface area (Å²) in [6, 6.07) is 0. The van der Waals surface area contributed by atoms with E-state index in [1.807, 2.05) is 17.6 Å². The van der Waals surface area contributed by atoms with Crippen LogP contribution < -0.4 is 10.6 Å². The number of carbonyl (C=O) groups excluding carboxylic acids is 2. The molecule has 4 N–H and O–H groups in total. The van der Waals surface area contributed by atoms with E-state index in [0.29, 0.717) is 6.42 Å². The number of aliphatic carboxylic acids is 2. The van der Waals surface area contributed by atoms with Crippen LogP contribution in [0.4, 0.5) is 9.59 Å². The summed E-state index contributed by atoms with van der Waals surface area (Å²) in [6.07, 6.45) is -0.461. The summed E-state index contributed by atoms with van der Waals surface area (Å²) in [4.78, 5) is 43.3. The van der Waals surface area contributed by atoms with Gasteiger partial charge >= 0.3 is 24.1 Å².